The summed E-state index contributed by atoms with van der Waals surface area (Å²) in [6.45, 7) is 7.16. The summed E-state index contributed by atoms with van der Waals surface area (Å²) >= 11 is 0. The molecule has 2 N–H and O–H groups in total. The fourth-order valence-electron chi connectivity index (χ4n) is 4.07. The van der Waals surface area contributed by atoms with Crippen LogP contribution in [0.5, 0.6) is 0 Å². The first-order chi connectivity index (χ1) is 14.5. The lowest BCUT2D eigenvalue weighted by molar-refractivity contribution is -0.134. The molecule has 0 aliphatic carbocycles. The molecular formula is C21H27N7O2. The first-order valence-electron chi connectivity index (χ1n) is 10.4. The van der Waals surface area contributed by atoms with Crippen LogP contribution in [0, 0.1) is 0 Å². The fraction of sp³-hybridized carbons (Fsp3) is 0.476. The number of carbonyl (C=O) groups excluding carboxylic acids is 2. The monoisotopic (exact) mass is 409 g/mol. The minimum Gasteiger partial charge on any atom is -0.340 e. The molecule has 2 unspecified atom stereocenters. The molecule has 2 atom stereocenters. The zero-order valence-electron chi connectivity index (χ0n) is 17.5. The molecule has 1 aliphatic rings. The number of benzene rings is 1. The molecule has 1 saturated heterocycles. The molecule has 0 spiro atoms. The van der Waals surface area contributed by atoms with E-state index in [2.05, 4.69) is 44.1 Å². The van der Waals surface area contributed by atoms with Gasteiger partial charge in [0, 0.05) is 30.4 Å². The Balaban J connectivity index is 1.43. The van der Waals surface area contributed by atoms with Crippen LogP contribution in [0.2, 0.25) is 0 Å². The van der Waals surface area contributed by atoms with E-state index in [0.29, 0.717) is 18.8 Å². The molecule has 4 rings (SSSR count). The van der Waals surface area contributed by atoms with Gasteiger partial charge in [-0.1, -0.05) is 18.2 Å². The average Bonchev–Trinajstić information content (AvgIpc) is 3.40. The van der Waals surface area contributed by atoms with Crippen LogP contribution in [0.3, 0.4) is 0 Å². The van der Waals surface area contributed by atoms with Gasteiger partial charge in [-0.25, -0.2) is 0 Å². The van der Waals surface area contributed by atoms with Crippen LogP contribution < -0.4 is 5.32 Å². The van der Waals surface area contributed by atoms with Gasteiger partial charge in [-0.2, -0.15) is 5.10 Å². The molecule has 0 saturated carbocycles. The first kappa shape index (κ1) is 20.1. The van der Waals surface area contributed by atoms with Crippen molar-refractivity contribution in [2.45, 2.75) is 51.6 Å². The number of para-hydroxylation sites is 1. The van der Waals surface area contributed by atoms with E-state index in [9.17, 15) is 9.59 Å². The van der Waals surface area contributed by atoms with Crippen LogP contribution in [0.4, 0.5) is 0 Å². The molecule has 3 aromatic rings. The van der Waals surface area contributed by atoms with E-state index in [1.807, 2.05) is 29.2 Å². The number of hydrogen-bond donors (Lipinski definition) is 2. The number of carbonyl (C=O) groups is 2. The van der Waals surface area contributed by atoms with E-state index in [4.69, 9.17) is 0 Å². The lowest BCUT2D eigenvalue weighted by Gasteiger charge is -2.34. The Bertz CT molecular complexity index is 1050. The highest BCUT2D eigenvalue weighted by molar-refractivity contribution is 6.05. The summed E-state index contributed by atoms with van der Waals surface area (Å²) in [5.74, 6) is 0.609. The van der Waals surface area contributed by atoms with E-state index >= 15 is 0 Å². The number of fused-ring (bicyclic) bond motifs is 1. The van der Waals surface area contributed by atoms with E-state index in [1.54, 1.807) is 13.3 Å². The van der Waals surface area contributed by atoms with Crippen molar-refractivity contribution >= 4 is 22.7 Å². The lowest BCUT2D eigenvalue weighted by atomic mass is 9.96. The summed E-state index contributed by atoms with van der Waals surface area (Å²) in [7, 11) is 0. The van der Waals surface area contributed by atoms with E-state index in [1.165, 1.54) is 0 Å². The summed E-state index contributed by atoms with van der Waals surface area (Å²) in [6.07, 6.45) is 3.61. The van der Waals surface area contributed by atoms with Crippen LogP contribution in [0.25, 0.3) is 10.9 Å². The van der Waals surface area contributed by atoms with Gasteiger partial charge in [-0.05, 0) is 39.7 Å². The van der Waals surface area contributed by atoms with Gasteiger partial charge in [0.1, 0.15) is 18.2 Å². The Morgan fingerprint density at radius 3 is 2.83 bits per heavy atom. The third-order valence-electron chi connectivity index (χ3n) is 5.66. The first-order valence-corrected chi connectivity index (χ1v) is 10.4. The number of amides is 2. The predicted molar refractivity (Wildman–Crippen MR) is 112 cm³/mol. The number of likely N-dealkylation sites (tertiary alicyclic amines) is 1. The molecule has 0 radical (unpaired) electrons. The van der Waals surface area contributed by atoms with Gasteiger partial charge in [0.15, 0.2) is 5.69 Å². The van der Waals surface area contributed by atoms with Crippen LogP contribution in [-0.2, 0) is 4.79 Å². The van der Waals surface area contributed by atoms with Crippen LogP contribution in [0.15, 0.2) is 30.6 Å². The summed E-state index contributed by atoms with van der Waals surface area (Å²) in [5, 5.41) is 18.9. The molecule has 3 heterocycles. The molecule has 2 aromatic heterocycles. The van der Waals surface area contributed by atoms with Crippen LogP contribution >= 0.6 is 0 Å². The molecule has 0 bridgehead atoms. The van der Waals surface area contributed by atoms with E-state index in [-0.39, 0.29) is 23.8 Å². The van der Waals surface area contributed by atoms with Crippen molar-refractivity contribution in [1.29, 1.82) is 0 Å². The van der Waals surface area contributed by atoms with E-state index < -0.39 is 6.04 Å². The number of hydrogen-bond acceptors (Lipinski definition) is 5. The van der Waals surface area contributed by atoms with Crippen molar-refractivity contribution in [2.75, 3.05) is 13.1 Å². The average molecular weight is 409 g/mol. The highest BCUT2D eigenvalue weighted by Gasteiger charge is 2.31. The Morgan fingerprint density at radius 2 is 2.03 bits per heavy atom. The molecular weight excluding hydrogens is 382 g/mol. The Labute approximate surface area is 174 Å². The molecule has 2 amide bonds. The molecule has 1 fully saturated rings. The summed E-state index contributed by atoms with van der Waals surface area (Å²) in [4.78, 5) is 27.6. The number of nitrogens with one attached hydrogen (secondary N) is 2. The Kier molecular flexibility index (Phi) is 5.52. The second-order valence-electron chi connectivity index (χ2n) is 8.13. The minimum atomic E-state index is -0.644. The van der Waals surface area contributed by atoms with Gasteiger partial charge in [-0.3, -0.25) is 14.7 Å². The fourth-order valence-corrected chi connectivity index (χ4v) is 4.07. The minimum absolute atomic E-state index is 0.0940. The molecule has 30 heavy (non-hydrogen) atoms. The van der Waals surface area contributed by atoms with Gasteiger partial charge in [0.05, 0.1) is 5.52 Å². The number of aromatic amines is 1. The standard InChI is InChI=1S/C21H27N7O2/c1-13(2)28-12-22-26-19(28)15-7-6-10-27(11-15)21(30)14(3)23-20(29)18-16-8-4-5-9-17(16)24-25-18/h4-5,8-9,12-15H,6-7,10-11H2,1-3H3,(H,23,29)(H,24,25). The second-order valence-corrected chi connectivity index (χ2v) is 8.13. The molecule has 1 aromatic carbocycles. The van der Waals surface area contributed by atoms with Gasteiger partial charge in [0.2, 0.25) is 5.91 Å². The topological polar surface area (TPSA) is 109 Å². The normalized spacial score (nSPS) is 18.0. The van der Waals surface area contributed by atoms with Gasteiger partial charge >= 0.3 is 0 Å². The maximum atomic E-state index is 13.0. The van der Waals surface area contributed by atoms with Crippen molar-refractivity contribution in [1.82, 2.24) is 35.2 Å². The highest BCUT2D eigenvalue weighted by Crippen LogP contribution is 2.27. The number of nitrogens with zero attached hydrogens (tertiary/aromatic N) is 5. The van der Waals surface area contributed by atoms with Crippen molar-refractivity contribution in [2.24, 2.45) is 0 Å². The SMILES string of the molecule is CC(NC(=O)c1n[nH]c2ccccc12)C(=O)N1CCCC(c2nncn2C(C)C)C1. The van der Waals surface area contributed by atoms with Crippen LogP contribution in [0.1, 0.15) is 61.9 Å². The van der Waals surface area contributed by atoms with Crippen molar-refractivity contribution in [3.05, 3.63) is 42.1 Å². The zero-order valence-corrected chi connectivity index (χ0v) is 17.5. The largest absolute Gasteiger partial charge is 0.340 e. The van der Waals surface area contributed by atoms with Crippen LogP contribution in [-0.4, -0.2) is 60.8 Å². The predicted octanol–water partition coefficient (Wildman–Crippen LogP) is 2.26. The van der Waals surface area contributed by atoms with Gasteiger partial charge < -0.3 is 14.8 Å². The zero-order chi connectivity index (χ0) is 21.3. The van der Waals surface area contributed by atoms with Crippen molar-refractivity contribution in [3.8, 4) is 0 Å². The van der Waals surface area contributed by atoms with Gasteiger partial charge in [0.25, 0.3) is 5.91 Å². The lowest BCUT2D eigenvalue weighted by Crippen LogP contribution is -2.50. The van der Waals surface area contributed by atoms with Crippen molar-refractivity contribution < 1.29 is 9.59 Å². The maximum absolute atomic E-state index is 13.0. The number of aromatic nitrogens is 5. The van der Waals surface area contributed by atoms with Crippen molar-refractivity contribution in [3.63, 3.8) is 0 Å². The molecule has 1 aliphatic heterocycles. The van der Waals surface area contributed by atoms with Gasteiger partial charge in [-0.15, -0.1) is 10.2 Å². The third-order valence-corrected chi connectivity index (χ3v) is 5.66. The molecule has 9 heteroatoms. The number of rotatable bonds is 5. The smallest absolute Gasteiger partial charge is 0.273 e. The quantitative estimate of drug-likeness (QED) is 0.672. The third kappa shape index (κ3) is 3.79. The molecule has 158 valence electrons. The number of piperidine rings is 1. The Hall–Kier alpha value is -3.23. The molecule has 9 nitrogen and oxygen atoms in total. The number of H-pyrrole nitrogens is 1. The maximum Gasteiger partial charge on any atom is 0.273 e. The van der Waals surface area contributed by atoms with E-state index in [0.717, 1.165) is 29.6 Å². The highest BCUT2D eigenvalue weighted by atomic mass is 16.2. The summed E-state index contributed by atoms with van der Waals surface area (Å²) in [6, 6.07) is 7.05. The summed E-state index contributed by atoms with van der Waals surface area (Å²) in [5.41, 5.74) is 1.08. The summed E-state index contributed by atoms with van der Waals surface area (Å²) < 4.78 is 2.06. The Morgan fingerprint density at radius 1 is 1.23 bits per heavy atom. The second kappa shape index (κ2) is 8.25.